The van der Waals surface area contributed by atoms with Gasteiger partial charge in [0.15, 0.2) is 17.4 Å². The summed E-state index contributed by atoms with van der Waals surface area (Å²) in [6.45, 7) is 0.416. The van der Waals surface area contributed by atoms with Crippen LogP contribution in [-0.2, 0) is 0 Å². The predicted octanol–water partition coefficient (Wildman–Crippen LogP) is 1.76. The van der Waals surface area contributed by atoms with Crippen LogP contribution in [0.4, 0.5) is 10.1 Å². The van der Waals surface area contributed by atoms with Crippen LogP contribution in [0.2, 0.25) is 0 Å². The van der Waals surface area contributed by atoms with E-state index in [9.17, 15) is 4.79 Å². The second kappa shape index (κ2) is 9.37. The Balaban J connectivity index is 1.64. The largest absolute Gasteiger partial charge is 0.493 e. The number of H-pyrrole nitrogens is 1. The Bertz CT molecular complexity index is 1470. The molecule has 0 amide bonds. The lowest BCUT2D eigenvalue weighted by molar-refractivity contribution is 0.157. The van der Waals surface area contributed by atoms with Gasteiger partial charge in [-0.25, -0.2) is 19.2 Å². The van der Waals surface area contributed by atoms with E-state index in [1.54, 1.807) is 30.3 Å². The van der Waals surface area contributed by atoms with Gasteiger partial charge in [-0.2, -0.15) is 0 Å². The predicted molar refractivity (Wildman–Crippen MR) is 127 cm³/mol. The number of nitrogens with one attached hydrogen (secondary N) is 3. The van der Waals surface area contributed by atoms with Crippen molar-refractivity contribution in [1.82, 2.24) is 24.7 Å². The molecule has 1 aliphatic heterocycles. The van der Waals surface area contributed by atoms with Crippen LogP contribution in [0, 0.1) is 11.2 Å². The Morgan fingerprint density at radius 2 is 1.92 bits per heavy atom. The van der Waals surface area contributed by atoms with E-state index in [0.717, 1.165) is 4.68 Å². The second-order valence-electron chi connectivity index (χ2n) is 7.68. The number of methoxy groups -OCH3 is 1. The fraction of sp³-hybridized carbons (Fsp3) is 0.174. The maximum Gasteiger partial charge on any atom is 0.350 e. The molecule has 5 N–H and O–H groups in total. The van der Waals surface area contributed by atoms with Crippen LogP contribution in [0.1, 0.15) is 23.0 Å². The average molecular weight is 492 g/mol. The number of benzene rings is 2. The number of anilines is 1. The minimum absolute atomic E-state index is 0.0507. The quantitative estimate of drug-likeness (QED) is 0.222. The molecule has 1 unspecified atom stereocenters. The third-order valence-electron chi connectivity index (χ3n) is 5.43. The average Bonchev–Trinajstić information content (AvgIpc) is 3.30. The molecule has 0 saturated carbocycles. The van der Waals surface area contributed by atoms with E-state index in [0.29, 0.717) is 11.3 Å². The van der Waals surface area contributed by atoms with Crippen LogP contribution in [0.25, 0.3) is 5.95 Å². The van der Waals surface area contributed by atoms with Crippen molar-refractivity contribution >= 4 is 11.5 Å². The van der Waals surface area contributed by atoms with E-state index in [-0.39, 0.29) is 53.6 Å². The minimum atomic E-state index is -1.00. The molecule has 2 aromatic carbocycles. The highest BCUT2D eigenvalue weighted by Gasteiger charge is 2.31. The number of nitrogens with zero attached hydrogens (tertiary/aromatic N) is 4. The zero-order chi connectivity index (χ0) is 25.2. The van der Waals surface area contributed by atoms with Gasteiger partial charge in [-0.1, -0.05) is 0 Å². The van der Waals surface area contributed by atoms with Gasteiger partial charge < -0.3 is 25.3 Å². The number of ether oxygens (including phenoxy) is 3. The molecule has 0 radical (unpaired) electrons. The molecule has 1 atom stereocenters. The van der Waals surface area contributed by atoms with Gasteiger partial charge >= 0.3 is 5.69 Å². The number of nitrogen functional groups attached to an aromatic ring is 1. The third-order valence-corrected chi connectivity index (χ3v) is 5.43. The first-order valence-corrected chi connectivity index (χ1v) is 10.8. The maximum atomic E-state index is 15.8. The van der Waals surface area contributed by atoms with Crippen LogP contribution in [0.15, 0.2) is 53.6 Å². The number of halogens is 1. The van der Waals surface area contributed by atoms with Gasteiger partial charge in [0.2, 0.25) is 11.5 Å². The van der Waals surface area contributed by atoms with Gasteiger partial charge in [0.1, 0.15) is 25.1 Å². The van der Waals surface area contributed by atoms with Crippen LogP contribution in [0.3, 0.4) is 0 Å². The molecule has 5 rings (SSSR count). The minimum Gasteiger partial charge on any atom is -0.493 e. The lowest BCUT2D eigenvalue weighted by Gasteiger charge is -2.25. The van der Waals surface area contributed by atoms with Crippen molar-refractivity contribution in [2.45, 2.75) is 6.04 Å². The van der Waals surface area contributed by atoms with E-state index in [1.807, 2.05) is 0 Å². The molecule has 36 heavy (non-hydrogen) atoms. The summed E-state index contributed by atoms with van der Waals surface area (Å²) in [6.07, 6.45) is 2.95. The molecule has 0 spiro atoms. The van der Waals surface area contributed by atoms with Crippen LogP contribution in [0.5, 0.6) is 17.2 Å². The lowest BCUT2D eigenvalue weighted by Crippen LogP contribution is -2.21. The molecule has 13 heteroatoms. The molecule has 3 heterocycles. The van der Waals surface area contributed by atoms with Crippen LogP contribution in [-0.4, -0.2) is 50.9 Å². The Morgan fingerprint density at radius 3 is 2.58 bits per heavy atom. The van der Waals surface area contributed by atoms with Crippen molar-refractivity contribution in [3.63, 3.8) is 0 Å². The Labute approximate surface area is 203 Å². The zero-order valence-corrected chi connectivity index (χ0v) is 19.0. The molecule has 0 fully saturated rings. The number of aromatic amines is 1. The van der Waals surface area contributed by atoms with Crippen molar-refractivity contribution in [3.8, 4) is 23.2 Å². The Kier molecular flexibility index (Phi) is 5.94. The van der Waals surface area contributed by atoms with E-state index in [4.69, 9.17) is 25.4 Å². The van der Waals surface area contributed by atoms with Crippen molar-refractivity contribution in [2.75, 3.05) is 25.6 Å². The summed E-state index contributed by atoms with van der Waals surface area (Å²) in [5.74, 6) is -0.335. The summed E-state index contributed by atoms with van der Waals surface area (Å²) >= 11 is 0. The van der Waals surface area contributed by atoms with Gasteiger partial charge in [0.25, 0.3) is 5.95 Å². The molecule has 0 aliphatic carbocycles. The normalized spacial score (nSPS) is 13.2. The summed E-state index contributed by atoms with van der Waals surface area (Å²) < 4.78 is 33.3. The maximum absolute atomic E-state index is 15.8. The number of amidine groups is 1. The van der Waals surface area contributed by atoms with E-state index < -0.39 is 17.5 Å². The highest BCUT2D eigenvalue weighted by atomic mass is 19.1. The van der Waals surface area contributed by atoms with Crippen molar-refractivity contribution in [3.05, 3.63) is 82.0 Å². The molecule has 1 aliphatic rings. The van der Waals surface area contributed by atoms with E-state index >= 15 is 4.39 Å². The van der Waals surface area contributed by atoms with E-state index in [2.05, 4.69) is 25.4 Å². The fourth-order valence-electron chi connectivity index (χ4n) is 3.74. The molecule has 0 saturated heterocycles. The summed E-state index contributed by atoms with van der Waals surface area (Å²) in [5.41, 5.74) is 6.08. The number of rotatable bonds is 7. The monoisotopic (exact) mass is 492 g/mol. The summed E-state index contributed by atoms with van der Waals surface area (Å²) in [7, 11) is 1.43. The Morgan fingerprint density at radius 1 is 1.22 bits per heavy atom. The van der Waals surface area contributed by atoms with Gasteiger partial charge in [-0.15, -0.1) is 9.78 Å². The van der Waals surface area contributed by atoms with Gasteiger partial charge in [0.05, 0.1) is 7.11 Å². The van der Waals surface area contributed by atoms with Crippen molar-refractivity contribution < 1.29 is 18.6 Å². The number of hydrogen-bond acceptors (Lipinski definition) is 9. The van der Waals surface area contributed by atoms with Gasteiger partial charge in [-0.05, 0) is 36.4 Å². The highest BCUT2D eigenvalue weighted by Crippen LogP contribution is 2.45. The standard InChI is InChI=1S/C23H21FN8O4/c1-34-15-11-14(16(24)19-18(15)35-9-10-36-19)17(29-13-5-3-12(4-6-13)20(25)26)21-30-23(33)32(31-21)22-27-7-2-8-28-22/h2-8,11,17,29H,9-10H2,1H3,(H3,25,26)(H,30,31,33). The summed E-state index contributed by atoms with van der Waals surface area (Å²) in [6, 6.07) is 8.69. The van der Waals surface area contributed by atoms with Gasteiger partial charge in [-0.3, -0.25) is 10.4 Å². The molecule has 0 bridgehead atoms. The topological polar surface area (TPSA) is 166 Å². The third kappa shape index (κ3) is 4.17. The summed E-state index contributed by atoms with van der Waals surface area (Å²) in [5, 5.41) is 15.1. The lowest BCUT2D eigenvalue weighted by atomic mass is 10.0. The number of aromatic nitrogens is 5. The summed E-state index contributed by atoms with van der Waals surface area (Å²) in [4.78, 5) is 23.5. The molecule has 12 nitrogen and oxygen atoms in total. The first-order valence-electron chi connectivity index (χ1n) is 10.8. The van der Waals surface area contributed by atoms with Crippen molar-refractivity contribution in [1.29, 1.82) is 5.41 Å². The molecule has 2 aromatic heterocycles. The molecular weight excluding hydrogens is 471 g/mol. The second-order valence-corrected chi connectivity index (χ2v) is 7.68. The fourth-order valence-corrected chi connectivity index (χ4v) is 3.74. The first kappa shape index (κ1) is 22.8. The van der Waals surface area contributed by atoms with Crippen molar-refractivity contribution in [2.24, 2.45) is 5.73 Å². The van der Waals surface area contributed by atoms with Crippen LogP contribution < -0.4 is 31.0 Å². The highest BCUT2D eigenvalue weighted by molar-refractivity contribution is 5.95. The zero-order valence-electron chi connectivity index (χ0n) is 19.0. The number of nitrogens with two attached hydrogens (primary N) is 1. The number of fused-ring (bicyclic) bond motifs is 1. The molecular formula is C23H21FN8O4. The number of hydrogen-bond donors (Lipinski definition) is 4. The molecule has 184 valence electrons. The van der Waals surface area contributed by atoms with Gasteiger partial charge in [0, 0.05) is 29.2 Å². The first-order chi connectivity index (χ1) is 17.5. The van der Waals surface area contributed by atoms with Crippen LogP contribution >= 0.6 is 0 Å². The van der Waals surface area contributed by atoms with E-state index in [1.165, 1.54) is 25.6 Å². The SMILES string of the molecule is COc1cc(C(Nc2ccc(C(=N)N)cc2)c2nn(-c3ncccn3)c(=O)[nH]2)c(F)c2c1OCCO2. The Hall–Kier alpha value is -4.94. The smallest absolute Gasteiger partial charge is 0.350 e. The molecule has 4 aromatic rings.